The first-order valence-electron chi connectivity index (χ1n) is 7.71. The fraction of sp³-hybridized carbons (Fsp3) is 0.263. The lowest BCUT2D eigenvalue weighted by atomic mass is 10.0. The van der Waals surface area contributed by atoms with E-state index in [1.54, 1.807) is 25.3 Å². The fourth-order valence-corrected chi connectivity index (χ4v) is 2.66. The minimum absolute atomic E-state index is 0.274. The van der Waals surface area contributed by atoms with Gasteiger partial charge in [-0.1, -0.05) is 35.4 Å². The van der Waals surface area contributed by atoms with Crippen LogP contribution in [0.1, 0.15) is 27.0 Å². The molecule has 0 fully saturated rings. The summed E-state index contributed by atoms with van der Waals surface area (Å²) in [4.78, 5) is 24.2. The molecule has 0 aromatic heterocycles. The van der Waals surface area contributed by atoms with Gasteiger partial charge in [-0.05, 0) is 37.6 Å². The van der Waals surface area contributed by atoms with Crippen LogP contribution in [0.25, 0.3) is 0 Å². The van der Waals surface area contributed by atoms with Crippen LogP contribution in [0.4, 0.5) is 0 Å². The second-order valence-electron chi connectivity index (χ2n) is 5.82. The van der Waals surface area contributed by atoms with Gasteiger partial charge in [-0.25, -0.2) is 0 Å². The largest absolute Gasteiger partial charge is 0.496 e. The maximum absolute atomic E-state index is 12.5. The van der Waals surface area contributed by atoms with Crippen LogP contribution in [-0.4, -0.2) is 25.0 Å². The number of aryl methyl sites for hydroxylation is 2. The lowest BCUT2D eigenvalue weighted by Gasteiger charge is -2.17. The van der Waals surface area contributed by atoms with E-state index in [1.165, 1.54) is 0 Å². The highest BCUT2D eigenvalue weighted by Gasteiger charge is 2.21. The molecule has 2 aromatic carbocycles. The van der Waals surface area contributed by atoms with E-state index >= 15 is 0 Å². The molecule has 24 heavy (non-hydrogen) atoms. The van der Waals surface area contributed by atoms with Crippen LogP contribution in [0.15, 0.2) is 42.5 Å². The van der Waals surface area contributed by atoms with Crippen molar-refractivity contribution in [3.8, 4) is 5.75 Å². The Morgan fingerprint density at radius 2 is 1.75 bits per heavy atom. The molecule has 0 spiro atoms. The number of hydrogen-bond donors (Lipinski definition) is 2. The Bertz CT molecular complexity index is 736. The molecule has 5 heteroatoms. The SMILES string of the molecule is COc1ccccc1C[C@H](NC(=O)c1cc(C)cc(C)c1)C(N)=O. The topological polar surface area (TPSA) is 81.4 Å². The molecule has 0 saturated carbocycles. The molecule has 0 radical (unpaired) electrons. The normalized spacial score (nSPS) is 11.6. The number of nitrogens with one attached hydrogen (secondary N) is 1. The van der Waals surface area contributed by atoms with Gasteiger partial charge in [0.15, 0.2) is 0 Å². The van der Waals surface area contributed by atoms with E-state index in [9.17, 15) is 9.59 Å². The van der Waals surface area contributed by atoms with Crippen molar-refractivity contribution < 1.29 is 14.3 Å². The van der Waals surface area contributed by atoms with Gasteiger partial charge in [-0.2, -0.15) is 0 Å². The Hall–Kier alpha value is -2.82. The van der Waals surface area contributed by atoms with E-state index in [-0.39, 0.29) is 12.3 Å². The molecule has 1 atom stereocenters. The summed E-state index contributed by atoms with van der Waals surface area (Å²) in [6.07, 6.45) is 0.274. The first kappa shape index (κ1) is 17.5. The summed E-state index contributed by atoms with van der Waals surface area (Å²) in [6, 6.07) is 12.1. The Kier molecular flexibility index (Phi) is 5.58. The van der Waals surface area contributed by atoms with Crippen LogP contribution in [0.2, 0.25) is 0 Å². The fourth-order valence-electron chi connectivity index (χ4n) is 2.66. The highest BCUT2D eigenvalue weighted by Crippen LogP contribution is 2.19. The van der Waals surface area contributed by atoms with E-state index in [1.807, 2.05) is 38.1 Å². The predicted molar refractivity (Wildman–Crippen MR) is 93.1 cm³/mol. The summed E-state index contributed by atoms with van der Waals surface area (Å²) in [5.74, 6) is -0.247. The Morgan fingerprint density at radius 3 is 2.33 bits per heavy atom. The summed E-state index contributed by atoms with van der Waals surface area (Å²) in [5, 5.41) is 2.72. The highest BCUT2D eigenvalue weighted by atomic mass is 16.5. The van der Waals surface area contributed by atoms with Crippen molar-refractivity contribution in [3.05, 3.63) is 64.7 Å². The van der Waals surface area contributed by atoms with Crippen molar-refractivity contribution >= 4 is 11.8 Å². The number of benzene rings is 2. The summed E-state index contributed by atoms with van der Waals surface area (Å²) >= 11 is 0. The standard InChI is InChI=1S/C19H22N2O3/c1-12-8-13(2)10-15(9-12)19(23)21-16(18(20)22)11-14-6-4-5-7-17(14)24-3/h4-10,16H,11H2,1-3H3,(H2,20,22)(H,21,23)/t16-/m0/s1. The lowest BCUT2D eigenvalue weighted by molar-refractivity contribution is -0.119. The Balaban J connectivity index is 2.19. The quantitative estimate of drug-likeness (QED) is 0.853. The van der Waals surface area contributed by atoms with Crippen molar-refractivity contribution in [1.29, 1.82) is 0 Å². The number of carbonyl (C=O) groups excluding carboxylic acids is 2. The molecule has 0 bridgehead atoms. The van der Waals surface area contributed by atoms with E-state index in [4.69, 9.17) is 10.5 Å². The van der Waals surface area contributed by atoms with Gasteiger partial charge in [0, 0.05) is 12.0 Å². The van der Waals surface area contributed by atoms with Crippen molar-refractivity contribution in [2.45, 2.75) is 26.3 Å². The second-order valence-corrected chi connectivity index (χ2v) is 5.82. The van der Waals surface area contributed by atoms with Gasteiger partial charge >= 0.3 is 0 Å². The highest BCUT2D eigenvalue weighted by molar-refractivity contribution is 5.97. The average molecular weight is 326 g/mol. The lowest BCUT2D eigenvalue weighted by Crippen LogP contribution is -2.45. The van der Waals surface area contributed by atoms with E-state index in [0.717, 1.165) is 16.7 Å². The third-order valence-corrected chi connectivity index (χ3v) is 3.75. The first-order valence-corrected chi connectivity index (χ1v) is 7.71. The molecule has 3 N–H and O–H groups in total. The monoisotopic (exact) mass is 326 g/mol. The molecule has 126 valence electrons. The second kappa shape index (κ2) is 7.64. The van der Waals surface area contributed by atoms with Gasteiger partial charge in [-0.3, -0.25) is 9.59 Å². The zero-order chi connectivity index (χ0) is 17.7. The van der Waals surface area contributed by atoms with Gasteiger partial charge in [0.2, 0.25) is 5.91 Å². The third kappa shape index (κ3) is 4.35. The first-order chi connectivity index (χ1) is 11.4. The molecule has 0 aliphatic heterocycles. The minimum atomic E-state index is -0.811. The van der Waals surface area contributed by atoms with Crippen LogP contribution in [0.5, 0.6) is 5.75 Å². The van der Waals surface area contributed by atoms with E-state index < -0.39 is 11.9 Å². The van der Waals surface area contributed by atoms with Crippen molar-refractivity contribution in [2.75, 3.05) is 7.11 Å². The number of methoxy groups -OCH3 is 1. The van der Waals surface area contributed by atoms with Gasteiger partial charge in [0.25, 0.3) is 5.91 Å². The molecule has 0 saturated heterocycles. The van der Waals surface area contributed by atoms with Crippen molar-refractivity contribution in [3.63, 3.8) is 0 Å². The molecule has 0 aliphatic rings. The molecule has 0 heterocycles. The number of para-hydroxylation sites is 1. The number of nitrogens with two attached hydrogens (primary N) is 1. The number of ether oxygens (including phenoxy) is 1. The van der Waals surface area contributed by atoms with Crippen LogP contribution in [0, 0.1) is 13.8 Å². The molecule has 2 aromatic rings. The van der Waals surface area contributed by atoms with Gasteiger partial charge in [-0.15, -0.1) is 0 Å². The zero-order valence-electron chi connectivity index (χ0n) is 14.1. The Morgan fingerprint density at radius 1 is 1.12 bits per heavy atom. The average Bonchev–Trinajstić information content (AvgIpc) is 2.53. The third-order valence-electron chi connectivity index (χ3n) is 3.75. The molecular weight excluding hydrogens is 304 g/mol. The van der Waals surface area contributed by atoms with Crippen LogP contribution < -0.4 is 15.8 Å². The minimum Gasteiger partial charge on any atom is -0.496 e. The van der Waals surface area contributed by atoms with Crippen LogP contribution in [0.3, 0.4) is 0 Å². The maximum Gasteiger partial charge on any atom is 0.251 e. The van der Waals surface area contributed by atoms with Crippen LogP contribution >= 0.6 is 0 Å². The maximum atomic E-state index is 12.5. The smallest absolute Gasteiger partial charge is 0.251 e. The number of primary amides is 1. The number of rotatable bonds is 6. The molecule has 0 aliphatic carbocycles. The molecule has 0 unspecified atom stereocenters. The van der Waals surface area contributed by atoms with E-state index in [0.29, 0.717) is 11.3 Å². The van der Waals surface area contributed by atoms with Crippen molar-refractivity contribution in [2.24, 2.45) is 5.73 Å². The molecule has 2 rings (SSSR count). The molecular formula is C19H22N2O3. The molecule has 2 amide bonds. The van der Waals surface area contributed by atoms with Crippen molar-refractivity contribution in [1.82, 2.24) is 5.32 Å². The zero-order valence-corrected chi connectivity index (χ0v) is 14.1. The summed E-state index contributed by atoms with van der Waals surface area (Å²) in [6.45, 7) is 3.84. The predicted octanol–water partition coefficient (Wildman–Crippen LogP) is 2.14. The number of hydrogen-bond acceptors (Lipinski definition) is 3. The summed E-state index contributed by atoms with van der Waals surface area (Å²) < 4.78 is 5.28. The van der Waals surface area contributed by atoms with Gasteiger partial charge < -0.3 is 15.8 Å². The molecule has 5 nitrogen and oxygen atoms in total. The summed E-state index contributed by atoms with van der Waals surface area (Å²) in [7, 11) is 1.56. The Labute approximate surface area is 141 Å². The number of carbonyl (C=O) groups is 2. The van der Waals surface area contributed by atoms with Gasteiger partial charge in [0.05, 0.1) is 7.11 Å². The number of amides is 2. The van der Waals surface area contributed by atoms with E-state index in [2.05, 4.69) is 5.32 Å². The summed E-state index contributed by atoms with van der Waals surface area (Å²) in [5.41, 5.74) is 8.76. The van der Waals surface area contributed by atoms with Crippen LogP contribution in [-0.2, 0) is 11.2 Å². The van der Waals surface area contributed by atoms with Gasteiger partial charge in [0.1, 0.15) is 11.8 Å².